The number of carbonyl (C=O) groups is 2. The summed E-state index contributed by atoms with van der Waals surface area (Å²) < 4.78 is 16.3. The third kappa shape index (κ3) is 6.52. The van der Waals surface area contributed by atoms with Crippen LogP contribution in [0.2, 0.25) is 0 Å². The summed E-state index contributed by atoms with van der Waals surface area (Å²) in [5, 5.41) is 10.6. The van der Waals surface area contributed by atoms with Crippen molar-refractivity contribution in [2.75, 3.05) is 20.3 Å². The fourth-order valence-electron chi connectivity index (χ4n) is 5.20. The topological polar surface area (TPSA) is 85.3 Å². The Morgan fingerprint density at radius 3 is 2.47 bits per heavy atom. The Morgan fingerprint density at radius 2 is 1.89 bits per heavy atom. The average molecular weight is 520 g/mol. The van der Waals surface area contributed by atoms with Gasteiger partial charge < -0.3 is 24.2 Å². The normalized spacial score (nSPS) is 22.4. The summed E-state index contributed by atoms with van der Waals surface area (Å²) in [6.45, 7) is 5.95. The smallest absolute Gasteiger partial charge is 0.411 e. The summed E-state index contributed by atoms with van der Waals surface area (Å²) in [4.78, 5) is 26.3. The zero-order chi connectivity index (χ0) is 27.3. The van der Waals surface area contributed by atoms with Crippen LogP contribution in [0.5, 0.6) is 0 Å². The van der Waals surface area contributed by atoms with Crippen LogP contribution in [0.25, 0.3) is 5.57 Å². The molecule has 1 heterocycles. The number of hydrogen-bond acceptors (Lipinski definition) is 6. The van der Waals surface area contributed by atoms with E-state index in [4.69, 9.17) is 9.47 Å². The third-order valence-electron chi connectivity index (χ3n) is 7.19. The highest BCUT2D eigenvalue weighted by atomic mass is 16.6. The largest absolute Gasteiger partial charge is 0.467 e. The number of hydrogen-bond donors (Lipinski definition) is 1. The quantitative estimate of drug-likeness (QED) is 0.438. The highest BCUT2D eigenvalue weighted by Gasteiger charge is 2.46. The molecule has 202 valence electrons. The molecule has 1 N–H and O–H groups in total. The Bertz CT molecular complexity index is 1180. The number of nitrogens with zero attached hydrogens (tertiary/aromatic N) is 1. The van der Waals surface area contributed by atoms with E-state index < -0.39 is 17.2 Å². The fraction of sp³-hybridized carbons (Fsp3) is 0.419. The summed E-state index contributed by atoms with van der Waals surface area (Å²) in [7, 11) is 1.34. The lowest BCUT2D eigenvalue weighted by Gasteiger charge is -2.45. The fourth-order valence-corrected chi connectivity index (χ4v) is 5.20. The van der Waals surface area contributed by atoms with E-state index in [9.17, 15) is 14.7 Å². The number of carbonyl (C=O) groups excluding carboxylic acids is 2. The van der Waals surface area contributed by atoms with Crippen molar-refractivity contribution in [3.63, 3.8) is 0 Å². The molecule has 1 amide bonds. The Kier molecular flexibility index (Phi) is 8.38. The van der Waals surface area contributed by atoms with Gasteiger partial charge in [0.05, 0.1) is 24.9 Å². The second-order valence-corrected chi connectivity index (χ2v) is 10.6. The predicted octanol–water partition coefficient (Wildman–Crippen LogP) is 5.55. The summed E-state index contributed by atoms with van der Waals surface area (Å²) in [6, 6.07) is 17.7. The summed E-state index contributed by atoms with van der Waals surface area (Å²) in [5.74, 6) is -0.390. The number of ether oxygens (including phenoxy) is 3. The first-order valence-corrected chi connectivity index (χ1v) is 13.0. The Morgan fingerprint density at radius 1 is 1.18 bits per heavy atom. The van der Waals surface area contributed by atoms with Gasteiger partial charge in [0.1, 0.15) is 12.2 Å². The van der Waals surface area contributed by atoms with E-state index in [1.165, 1.54) is 7.11 Å². The van der Waals surface area contributed by atoms with Crippen molar-refractivity contribution in [1.82, 2.24) is 4.90 Å². The molecule has 7 nitrogen and oxygen atoms in total. The second kappa shape index (κ2) is 11.5. The van der Waals surface area contributed by atoms with Gasteiger partial charge in [-0.15, -0.1) is 0 Å². The Labute approximate surface area is 224 Å². The number of cyclic esters (lactones) is 1. The van der Waals surface area contributed by atoms with Crippen molar-refractivity contribution < 1.29 is 28.9 Å². The van der Waals surface area contributed by atoms with Gasteiger partial charge in [0.15, 0.2) is 0 Å². The van der Waals surface area contributed by atoms with Crippen molar-refractivity contribution in [2.45, 2.75) is 63.4 Å². The summed E-state index contributed by atoms with van der Waals surface area (Å²) in [6.07, 6.45) is 7.10. The van der Waals surface area contributed by atoms with Crippen LogP contribution >= 0.6 is 0 Å². The molecular weight excluding hydrogens is 482 g/mol. The van der Waals surface area contributed by atoms with Crippen LogP contribution in [0.15, 0.2) is 72.8 Å². The summed E-state index contributed by atoms with van der Waals surface area (Å²) >= 11 is 0. The first-order chi connectivity index (χ1) is 18.1. The van der Waals surface area contributed by atoms with Crippen LogP contribution in [0.3, 0.4) is 0 Å². The van der Waals surface area contributed by atoms with E-state index in [1.54, 1.807) is 18.7 Å². The molecular formula is C31H37NO6. The predicted molar refractivity (Wildman–Crippen MR) is 145 cm³/mol. The maximum absolute atomic E-state index is 13.3. The van der Waals surface area contributed by atoms with Gasteiger partial charge in [-0.3, -0.25) is 0 Å². The van der Waals surface area contributed by atoms with E-state index in [0.717, 1.165) is 22.3 Å². The van der Waals surface area contributed by atoms with Gasteiger partial charge in [0, 0.05) is 19.4 Å². The first kappa shape index (κ1) is 27.6. The molecule has 38 heavy (non-hydrogen) atoms. The number of amides is 1. The lowest BCUT2D eigenvalue weighted by molar-refractivity contribution is -0.147. The number of rotatable bonds is 9. The molecule has 2 aromatic carbocycles. The molecule has 0 aromatic heterocycles. The molecule has 0 saturated carbocycles. The molecule has 7 heteroatoms. The van der Waals surface area contributed by atoms with Crippen molar-refractivity contribution in [3.8, 4) is 0 Å². The van der Waals surface area contributed by atoms with E-state index in [1.807, 2.05) is 61.5 Å². The molecule has 0 spiro atoms. The molecule has 2 aromatic rings. The van der Waals surface area contributed by atoms with Crippen molar-refractivity contribution in [1.29, 1.82) is 0 Å². The zero-order valence-corrected chi connectivity index (χ0v) is 22.6. The molecule has 0 radical (unpaired) electrons. The SMILES string of the molecule is COC(=O)COC1C=CC(c2ccc([C@H](C)N3CC[C@](CC(C)(C)O)(c4ccccc4)OC3=O)cc2)=CC1. The van der Waals surface area contributed by atoms with Crippen LogP contribution in [-0.4, -0.2) is 54.0 Å². The highest BCUT2D eigenvalue weighted by Crippen LogP contribution is 2.42. The highest BCUT2D eigenvalue weighted by molar-refractivity contribution is 5.75. The number of aliphatic hydroxyl groups is 1. The lowest BCUT2D eigenvalue weighted by Crippen LogP contribution is -2.51. The lowest BCUT2D eigenvalue weighted by atomic mass is 9.80. The minimum Gasteiger partial charge on any atom is -0.467 e. The van der Waals surface area contributed by atoms with Crippen molar-refractivity contribution >= 4 is 17.6 Å². The number of esters is 1. The van der Waals surface area contributed by atoms with E-state index >= 15 is 0 Å². The standard InChI is InChI=1S/C31H37NO6/c1-22(23-10-12-24(13-11-23)25-14-16-27(17-15-25)37-20-28(33)36-4)32-19-18-31(38-29(32)34,21-30(2,3)35)26-8-6-5-7-9-26/h5-16,22,27,35H,17-21H2,1-4H3/t22-,27?,31-/m0/s1. The Balaban J connectivity index is 1.41. The van der Waals surface area contributed by atoms with E-state index in [0.29, 0.717) is 25.8 Å². The molecule has 4 rings (SSSR count). The molecule has 3 atom stereocenters. The van der Waals surface area contributed by atoms with E-state index in [-0.39, 0.29) is 24.8 Å². The number of benzene rings is 2. The Hall–Kier alpha value is -3.42. The third-order valence-corrected chi connectivity index (χ3v) is 7.19. The molecule has 0 bridgehead atoms. The molecule has 1 unspecified atom stereocenters. The second-order valence-electron chi connectivity index (χ2n) is 10.6. The molecule has 2 aliphatic rings. The van der Waals surface area contributed by atoms with Crippen LogP contribution in [0.1, 0.15) is 62.8 Å². The van der Waals surface area contributed by atoms with Crippen molar-refractivity contribution in [3.05, 3.63) is 89.5 Å². The van der Waals surface area contributed by atoms with Gasteiger partial charge in [-0.2, -0.15) is 0 Å². The zero-order valence-electron chi connectivity index (χ0n) is 22.6. The van der Waals surface area contributed by atoms with Crippen LogP contribution < -0.4 is 0 Å². The van der Waals surface area contributed by atoms with Crippen LogP contribution in [0, 0.1) is 0 Å². The van der Waals surface area contributed by atoms with Gasteiger partial charge in [0.25, 0.3) is 0 Å². The summed E-state index contributed by atoms with van der Waals surface area (Å²) in [5.41, 5.74) is 2.21. The van der Waals surface area contributed by atoms with E-state index in [2.05, 4.69) is 22.9 Å². The average Bonchev–Trinajstić information content (AvgIpc) is 2.91. The minimum atomic E-state index is -0.991. The maximum atomic E-state index is 13.3. The van der Waals surface area contributed by atoms with Crippen LogP contribution in [-0.2, 0) is 24.6 Å². The number of methoxy groups -OCH3 is 1. The molecule has 1 fully saturated rings. The van der Waals surface area contributed by atoms with Gasteiger partial charge in [0.2, 0.25) is 0 Å². The van der Waals surface area contributed by atoms with Crippen LogP contribution in [0.4, 0.5) is 4.79 Å². The van der Waals surface area contributed by atoms with Gasteiger partial charge in [-0.05, 0) is 49.5 Å². The van der Waals surface area contributed by atoms with Gasteiger partial charge >= 0.3 is 12.1 Å². The maximum Gasteiger partial charge on any atom is 0.411 e. The molecule has 1 aliphatic carbocycles. The van der Waals surface area contributed by atoms with Crippen molar-refractivity contribution in [2.24, 2.45) is 0 Å². The molecule has 1 aliphatic heterocycles. The van der Waals surface area contributed by atoms with Gasteiger partial charge in [-0.1, -0.05) is 72.8 Å². The molecule has 1 saturated heterocycles. The number of allylic oxidation sites excluding steroid dienone is 2. The first-order valence-electron chi connectivity index (χ1n) is 13.0. The minimum absolute atomic E-state index is 0.0651. The monoisotopic (exact) mass is 519 g/mol. The van der Waals surface area contributed by atoms with Gasteiger partial charge in [-0.25, -0.2) is 9.59 Å².